The van der Waals surface area contributed by atoms with Gasteiger partial charge in [0.15, 0.2) is 0 Å². The van der Waals surface area contributed by atoms with Crippen LogP contribution in [0.1, 0.15) is 0 Å². The summed E-state index contributed by atoms with van der Waals surface area (Å²) in [5, 5.41) is 7.46. The van der Waals surface area contributed by atoms with E-state index in [1.807, 2.05) is 6.07 Å². The number of hydrogen-bond donors (Lipinski definition) is 0. The summed E-state index contributed by atoms with van der Waals surface area (Å²) in [6.07, 6.45) is 0. The van der Waals surface area contributed by atoms with Gasteiger partial charge in [0, 0.05) is 49.6 Å². The van der Waals surface area contributed by atoms with Gasteiger partial charge in [-0.2, -0.15) is 0 Å². The van der Waals surface area contributed by atoms with Gasteiger partial charge in [-0.05, 0) is 78.2 Å². The monoisotopic (exact) mass is 650 g/mol. The molecule has 3 heterocycles. The zero-order valence-electron chi connectivity index (χ0n) is 27.6. The highest BCUT2D eigenvalue weighted by atomic mass is 15.1. The fourth-order valence-electron chi connectivity index (χ4n) is 8.19. The Labute approximate surface area is 293 Å². The highest BCUT2D eigenvalue weighted by Gasteiger charge is 2.19. The molecule has 0 unspecified atom stereocenters. The van der Waals surface area contributed by atoms with Crippen LogP contribution in [0.15, 0.2) is 182 Å². The van der Waals surface area contributed by atoms with E-state index in [9.17, 15) is 0 Å². The van der Waals surface area contributed by atoms with E-state index in [1.54, 1.807) is 0 Å². The molecule has 0 bridgehead atoms. The van der Waals surface area contributed by atoms with E-state index >= 15 is 0 Å². The lowest BCUT2D eigenvalue weighted by molar-refractivity contribution is 1.09. The summed E-state index contributed by atoms with van der Waals surface area (Å²) in [4.78, 5) is 5.07. The summed E-state index contributed by atoms with van der Waals surface area (Å²) < 4.78 is 7.12. The maximum Gasteiger partial charge on any atom is 0.145 e. The second-order valence-corrected chi connectivity index (χ2v) is 13.2. The van der Waals surface area contributed by atoms with Crippen LogP contribution >= 0.6 is 0 Å². The molecule has 0 saturated heterocycles. The molecule has 51 heavy (non-hydrogen) atoms. The molecular weight excluding hydrogens is 621 g/mol. The lowest BCUT2D eigenvalue weighted by atomic mass is 10.0. The Hall–Kier alpha value is -6.91. The van der Waals surface area contributed by atoms with Crippen LogP contribution in [0.5, 0.6) is 0 Å². The molecule has 0 aliphatic rings. The Balaban J connectivity index is 1.17. The molecule has 11 aromatic rings. The van der Waals surface area contributed by atoms with Gasteiger partial charge in [-0.3, -0.25) is 4.57 Å². The van der Waals surface area contributed by atoms with Crippen molar-refractivity contribution in [2.24, 2.45) is 0 Å². The van der Waals surface area contributed by atoms with Crippen molar-refractivity contribution in [3.63, 3.8) is 0 Å². The van der Waals surface area contributed by atoms with Crippen molar-refractivity contribution in [2.75, 3.05) is 0 Å². The van der Waals surface area contributed by atoms with Crippen LogP contribution in [-0.2, 0) is 0 Å². The largest absolute Gasteiger partial charge is 0.309 e. The van der Waals surface area contributed by atoms with Crippen LogP contribution in [0, 0.1) is 0 Å². The molecule has 4 nitrogen and oxygen atoms in total. The minimum atomic E-state index is 0.936. The van der Waals surface area contributed by atoms with Crippen LogP contribution in [-0.4, -0.2) is 18.7 Å². The van der Waals surface area contributed by atoms with Gasteiger partial charge in [-0.25, -0.2) is 4.98 Å². The Morgan fingerprint density at radius 2 is 0.902 bits per heavy atom. The second-order valence-electron chi connectivity index (χ2n) is 13.2. The highest BCUT2D eigenvalue weighted by molar-refractivity contribution is 6.22. The van der Waals surface area contributed by atoms with Crippen molar-refractivity contribution in [3.8, 4) is 28.5 Å². The first-order valence-corrected chi connectivity index (χ1v) is 17.4. The fraction of sp³-hybridized carbons (Fsp3) is 0. The van der Waals surface area contributed by atoms with E-state index in [0.29, 0.717) is 0 Å². The van der Waals surface area contributed by atoms with E-state index in [-0.39, 0.29) is 0 Å². The van der Waals surface area contributed by atoms with Crippen LogP contribution < -0.4 is 0 Å². The Kier molecular flexibility index (Phi) is 5.92. The van der Waals surface area contributed by atoms with Gasteiger partial charge in [0.2, 0.25) is 0 Å². The molecule has 0 atom stereocenters. The van der Waals surface area contributed by atoms with Crippen LogP contribution in [0.3, 0.4) is 0 Å². The minimum absolute atomic E-state index is 0.936. The summed E-state index contributed by atoms with van der Waals surface area (Å²) in [5.74, 6) is 0.936. The van der Waals surface area contributed by atoms with Gasteiger partial charge >= 0.3 is 0 Å². The number of benzene rings is 8. The lowest BCUT2D eigenvalue weighted by Crippen LogP contribution is -1.99. The zero-order valence-corrected chi connectivity index (χ0v) is 27.6. The minimum Gasteiger partial charge on any atom is -0.309 e. The second kappa shape index (κ2) is 10.8. The molecule has 238 valence electrons. The van der Waals surface area contributed by atoms with Gasteiger partial charge < -0.3 is 9.13 Å². The van der Waals surface area contributed by atoms with Crippen molar-refractivity contribution >= 4 is 65.4 Å². The maximum atomic E-state index is 5.07. The quantitative estimate of drug-likeness (QED) is 0.186. The Morgan fingerprint density at radius 1 is 0.333 bits per heavy atom. The van der Waals surface area contributed by atoms with Crippen molar-refractivity contribution < 1.29 is 0 Å². The predicted molar refractivity (Wildman–Crippen MR) is 213 cm³/mol. The Bertz CT molecular complexity index is 3110. The predicted octanol–water partition coefficient (Wildman–Crippen LogP) is 12.0. The van der Waals surface area contributed by atoms with E-state index in [0.717, 1.165) is 33.8 Å². The molecule has 0 fully saturated rings. The average molecular weight is 651 g/mol. The summed E-state index contributed by atoms with van der Waals surface area (Å²) >= 11 is 0. The highest BCUT2D eigenvalue weighted by Crippen LogP contribution is 2.41. The number of nitrogens with zero attached hydrogens (tertiary/aromatic N) is 4. The van der Waals surface area contributed by atoms with Crippen molar-refractivity contribution in [1.82, 2.24) is 18.7 Å². The summed E-state index contributed by atoms with van der Waals surface area (Å²) in [6.45, 7) is 0. The van der Waals surface area contributed by atoms with Gasteiger partial charge in [0.1, 0.15) is 5.82 Å². The third-order valence-corrected chi connectivity index (χ3v) is 10.4. The molecule has 4 heteroatoms. The molecule has 0 amide bonds. The number of para-hydroxylation sites is 5. The molecule has 0 saturated carbocycles. The lowest BCUT2D eigenvalue weighted by Gasteiger charge is -2.13. The van der Waals surface area contributed by atoms with E-state index in [1.165, 1.54) is 60.1 Å². The van der Waals surface area contributed by atoms with Crippen LogP contribution in [0.25, 0.3) is 93.9 Å². The van der Waals surface area contributed by atoms with Gasteiger partial charge in [0.05, 0.1) is 33.1 Å². The van der Waals surface area contributed by atoms with Crippen molar-refractivity contribution in [3.05, 3.63) is 182 Å². The molecule has 0 spiro atoms. The number of fused-ring (bicyclic) bond motifs is 9. The van der Waals surface area contributed by atoms with Crippen LogP contribution in [0.4, 0.5) is 0 Å². The molecule has 0 aliphatic heterocycles. The first kappa shape index (κ1) is 28.0. The van der Waals surface area contributed by atoms with E-state index < -0.39 is 0 Å². The maximum absolute atomic E-state index is 5.07. The molecule has 0 N–H and O–H groups in total. The molecular formula is C47H30N4. The van der Waals surface area contributed by atoms with Gasteiger partial charge in [0.25, 0.3) is 0 Å². The SMILES string of the molecule is c1ccc(-c2nc3ccccc3n2-c2ccc(-n3c4ccccc4c4ccc5cc6c(cc5c43)c3ccccc3n6-c3ccccc3)cc2)cc1. The molecule has 0 aliphatic carbocycles. The molecule has 8 aromatic carbocycles. The number of hydrogen-bond acceptors (Lipinski definition) is 1. The number of imidazole rings is 1. The first-order chi connectivity index (χ1) is 25.3. The third-order valence-electron chi connectivity index (χ3n) is 10.4. The summed E-state index contributed by atoms with van der Waals surface area (Å²) in [7, 11) is 0. The number of aromatic nitrogens is 4. The standard InChI is InChI=1S/C47H30N4/c1-3-13-31(14-4-1)47-48-41-19-9-12-22-44(41)51(47)35-26-24-34(25-27-35)50-43-21-11-7-17-36(43)38-28-23-32-29-45-40(30-39(32)46(38)50)37-18-8-10-20-42(37)49(45)33-15-5-2-6-16-33/h1-30H. The third kappa shape index (κ3) is 4.11. The van der Waals surface area contributed by atoms with Gasteiger partial charge in [-0.1, -0.05) is 109 Å². The normalized spacial score (nSPS) is 11.9. The van der Waals surface area contributed by atoms with Gasteiger partial charge in [-0.15, -0.1) is 0 Å². The molecule has 0 radical (unpaired) electrons. The van der Waals surface area contributed by atoms with E-state index in [2.05, 4.69) is 190 Å². The van der Waals surface area contributed by atoms with E-state index in [4.69, 9.17) is 4.98 Å². The topological polar surface area (TPSA) is 27.7 Å². The van der Waals surface area contributed by atoms with Crippen LogP contribution in [0.2, 0.25) is 0 Å². The first-order valence-electron chi connectivity index (χ1n) is 17.4. The fourth-order valence-corrected chi connectivity index (χ4v) is 8.19. The summed E-state index contributed by atoms with van der Waals surface area (Å²) in [6, 6.07) is 65.4. The average Bonchev–Trinajstić information content (AvgIpc) is 3.86. The number of rotatable bonds is 4. The molecule has 3 aromatic heterocycles. The summed E-state index contributed by atoms with van der Waals surface area (Å²) in [5.41, 5.74) is 11.4. The Morgan fingerprint density at radius 3 is 1.65 bits per heavy atom. The van der Waals surface area contributed by atoms with Crippen molar-refractivity contribution in [2.45, 2.75) is 0 Å². The van der Waals surface area contributed by atoms with Crippen molar-refractivity contribution in [1.29, 1.82) is 0 Å². The zero-order chi connectivity index (χ0) is 33.5. The smallest absolute Gasteiger partial charge is 0.145 e. The molecule has 11 rings (SSSR count).